The third-order valence-corrected chi connectivity index (χ3v) is 3.30. The van der Waals surface area contributed by atoms with Crippen molar-refractivity contribution in [2.75, 3.05) is 0 Å². The van der Waals surface area contributed by atoms with Crippen LogP contribution < -0.4 is 4.72 Å². The van der Waals surface area contributed by atoms with Crippen molar-refractivity contribution in [3.63, 3.8) is 0 Å². The smallest absolute Gasteiger partial charge is 0.231 e. The first-order chi connectivity index (χ1) is 6.02. The largest absolute Gasteiger partial charge is 0.286 e. The molecule has 1 N–H and O–H groups in total. The highest BCUT2D eigenvalue weighted by Crippen LogP contribution is 2.38. The van der Waals surface area contributed by atoms with Crippen LogP contribution in [0.15, 0.2) is 22.6 Å². The van der Waals surface area contributed by atoms with Gasteiger partial charge in [0.1, 0.15) is 0 Å². The molecule has 0 aromatic heterocycles. The third kappa shape index (κ3) is 1.17. The molecule has 1 aliphatic carbocycles. The normalized spacial score (nSPS) is 25.4. The zero-order chi connectivity index (χ0) is 9.64. The molecule has 3 nitrogen and oxygen atoms in total. The zero-order valence-corrected chi connectivity index (χ0v) is 8.20. The molecule has 0 radical (unpaired) electrons. The highest BCUT2D eigenvalue weighted by molar-refractivity contribution is 8.01. The average molecular weight is 195 g/mol. The maximum absolute atomic E-state index is 11.5. The van der Waals surface area contributed by atoms with Crippen LogP contribution in [0.25, 0.3) is 0 Å². The fourth-order valence-corrected chi connectivity index (χ4v) is 2.51. The van der Waals surface area contributed by atoms with E-state index >= 15 is 0 Å². The number of ketones is 2. The van der Waals surface area contributed by atoms with E-state index in [0.717, 1.165) is 4.91 Å². The molecule has 0 amide bonds. The van der Waals surface area contributed by atoms with Gasteiger partial charge in [0, 0.05) is 10.5 Å². The SMILES string of the molecule is CC1(C)NSC2=C1C(=O)C(=O)C=C2. The number of hydrogen-bond acceptors (Lipinski definition) is 4. The fraction of sp³-hybridized carbons (Fsp3) is 0.333. The molecule has 0 atom stereocenters. The van der Waals surface area contributed by atoms with Gasteiger partial charge in [-0.1, -0.05) is 0 Å². The van der Waals surface area contributed by atoms with Gasteiger partial charge in [0.25, 0.3) is 0 Å². The van der Waals surface area contributed by atoms with Gasteiger partial charge >= 0.3 is 0 Å². The Balaban J connectivity index is 2.54. The van der Waals surface area contributed by atoms with E-state index in [9.17, 15) is 9.59 Å². The monoisotopic (exact) mass is 195 g/mol. The van der Waals surface area contributed by atoms with Crippen molar-refractivity contribution in [3.05, 3.63) is 22.6 Å². The molecule has 1 heterocycles. The quantitative estimate of drug-likeness (QED) is 0.355. The molecular formula is C9H9NO2S. The van der Waals surface area contributed by atoms with E-state index in [1.54, 1.807) is 6.08 Å². The van der Waals surface area contributed by atoms with Gasteiger partial charge in [-0.3, -0.25) is 9.59 Å². The molecule has 4 heteroatoms. The highest BCUT2D eigenvalue weighted by Gasteiger charge is 2.40. The van der Waals surface area contributed by atoms with E-state index in [2.05, 4.69) is 4.72 Å². The minimum absolute atomic E-state index is 0.375. The number of rotatable bonds is 0. The zero-order valence-electron chi connectivity index (χ0n) is 7.38. The van der Waals surface area contributed by atoms with Crippen molar-refractivity contribution in [2.24, 2.45) is 0 Å². The van der Waals surface area contributed by atoms with Crippen LogP contribution >= 0.6 is 11.9 Å². The van der Waals surface area contributed by atoms with E-state index in [1.807, 2.05) is 13.8 Å². The lowest BCUT2D eigenvalue weighted by Crippen LogP contribution is -2.37. The summed E-state index contributed by atoms with van der Waals surface area (Å²) in [6.07, 6.45) is 3.03. The molecule has 0 saturated heterocycles. The first-order valence-corrected chi connectivity index (χ1v) is 4.79. The Morgan fingerprint density at radius 1 is 1.31 bits per heavy atom. The van der Waals surface area contributed by atoms with Gasteiger partial charge < -0.3 is 0 Å². The summed E-state index contributed by atoms with van der Waals surface area (Å²) in [5.74, 6) is -0.795. The summed E-state index contributed by atoms with van der Waals surface area (Å²) in [6, 6.07) is 0. The number of hydrogen-bond donors (Lipinski definition) is 1. The number of carbonyl (C=O) groups excluding carboxylic acids is 2. The summed E-state index contributed by atoms with van der Waals surface area (Å²) in [7, 11) is 0. The van der Waals surface area contributed by atoms with E-state index in [1.165, 1.54) is 18.0 Å². The summed E-state index contributed by atoms with van der Waals surface area (Å²) in [5, 5.41) is 0. The average Bonchev–Trinajstić information content (AvgIpc) is 2.35. The summed E-state index contributed by atoms with van der Waals surface area (Å²) in [4.78, 5) is 23.5. The maximum Gasteiger partial charge on any atom is 0.231 e. The standard InChI is InChI=1S/C9H9NO2S/c1-9(2)7-6(13-10-9)4-3-5(11)8(7)12/h3-4,10H,1-2H3. The van der Waals surface area contributed by atoms with Gasteiger partial charge in [-0.25, -0.2) is 4.72 Å². The van der Waals surface area contributed by atoms with Crippen LogP contribution in [0.4, 0.5) is 0 Å². The molecule has 2 rings (SSSR count). The summed E-state index contributed by atoms with van der Waals surface area (Å²) >= 11 is 1.41. The Bertz CT molecular complexity index is 366. The first-order valence-electron chi connectivity index (χ1n) is 3.98. The Morgan fingerprint density at radius 2 is 2.00 bits per heavy atom. The van der Waals surface area contributed by atoms with Crippen molar-refractivity contribution in [1.82, 2.24) is 4.72 Å². The van der Waals surface area contributed by atoms with Crippen molar-refractivity contribution in [2.45, 2.75) is 19.4 Å². The molecule has 0 spiro atoms. The molecule has 1 aliphatic heterocycles. The molecule has 2 aliphatic rings. The molecule has 0 aromatic carbocycles. The Labute approximate surface area is 80.4 Å². The molecule has 68 valence electrons. The van der Waals surface area contributed by atoms with Gasteiger partial charge in [0.15, 0.2) is 0 Å². The second-order valence-electron chi connectivity index (χ2n) is 3.60. The topological polar surface area (TPSA) is 46.2 Å². The number of allylic oxidation sites excluding steroid dienone is 2. The molecule has 13 heavy (non-hydrogen) atoms. The first kappa shape index (κ1) is 8.72. The lowest BCUT2D eigenvalue weighted by molar-refractivity contribution is -0.132. The Hall–Kier alpha value is -0.870. The molecule has 0 unspecified atom stereocenters. The Kier molecular flexibility index (Phi) is 1.72. The molecule has 0 bridgehead atoms. The minimum atomic E-state index is -0.420. The minimum Gasteiger partial charge on any atom is -0.286 e. The fourth-order valence-electron chi connectivity index (χ4n) is 1.46. The van der Waals surface area contributed by atoms with Gasteiger partial charge in [-0.05, 0) is 37.9 Å². The van der Waals surface area contributed by atoms with Crippen molar-refractivity contribution < 1.29 is 9.59 Å². The lowest BCUT2D eigenvalue weighted by atomic mass is 9.87. The predicted octanol–water partition coefficient (Wildman–Crippen LogP) is 0.978. The predicted molar refractivity (Wildman–Crippen MR) is 51.0 cm³/mol. The van der Waals surface area contributed by atoms with E-state index in [0.29, 0.717) is 5.57 Å². The van der Waals surface area contributed by atoms with E-state index < -0.39 is 11.3 Å². The van der Waals surface area contributed by atoms with Crippen molar-refractivity contribution in [1.29, 1.82) is 0 Å². The number of nitrogens with one attached hydrogen (secondary N) is 1. The maximum atomic E-state index is 11.5. The molecule has 0 fully saturated rings. The van der Waals surface area contributed by atoms with Crippen LogP contribution in [0, 0.1) is 0 Å². The molecular weight excluding hydrogens is 186 g/mol. The number of Topliss-reactive ketones (excluding diaryl/α,β-unsaturated/α-hetero) is 1. The van der Waals surface area contributed by atoms with Crippen LogP contribution in [0.3, 0.4) is 0 Å². The van der Waals surface area contributed by atoms with Gasteiger partial charge in [0.05, 0.1) is 5.54 Å². The van der Waals surface area contributed by atoms with Crippen molar-refractivity contribution in [3.8, 4) is 0 Å². The summed E-state index contributed by atoms with van der Waals surface area (Å²) in [6.45, 7) is 3.79. The highest BCUT2D eigenvalue weighted by atomic mass is 32.2. The summed E-state index contributed by atoms with van der Waals surface area (Å²) in [5.41, 5.74) is 0.210. The van der Waals surface area contributed by atoms with Crippen molar-refractivity contribution >= 4 is 23.5 Å². The van der Waals surface area contributed by atoms with E-state index in [4.69, 9.17) is 0 Å². The van der Waals surface area contributed by atoms with Crippen LogP contribution in [-0.4, -0.2) is 17.1 Å². The van der Waals surface area contributed by atoms with Gasteiger partial charge in [-0.15, -0.1) is 0 Å². The van der Waals surface area contributed by atoms with Crippen LogP contribution in [0.1, 0.15) is 13.8 Å². The summed E-state index contributed by atoms with van der Waals surface area (Å²) < 4.78 is 3.11. The lowest BCUT2D eigenvalue weighted by Gasteiger charge is -2.20. The van der Waals surface area contributed by atoms with Crippen LogP contribution in [-0.2, 0) is 9.59 Å². The second-order valence-corrected chi connectivity index (χ2v) is 4.44. The van der Waals surface area contributed by atoms with E-state index in [-0.39, 0.29) is 5.78 Å². The Morgan fingerprint density at radius 3 is 2.69 bits per heavy atom. The number of carbonyl (C=O) groups is 2. The third-order valence-electron chi connectivity index (χ3n) is 2.12. The molecule has 0 aromatic rings. The van der Waals surface area contributed by atoms with Gasteiger partial charge in [0.2, 0.25) is 11.6 Å². The van der Waals surface area contributed by atoms with Crippen LogP contribution in [0.2, 0.25) is 0 Å². The van der Waals surface area contributed by atoms with Gasteiger partial charge in [-0.2, -0.15) is 0 Å². The molecule has 0 saturated carbocycles. The van der Waals surface area contributed by atoms with Crippen LogP contribution in [0.5, 0.6) is 0 Å². The second kappa shape index (κ2) is 2.56.